The molecule has 1 aromatic carbocycles. The first kappa shape index (κ1) is 18.4. The first-order valence-corrected chi connectivity index (χ1v) is 8.63. The predicted molar refractivity (Wildman–Crippen MR) is 95.3 cm³/mol. The number of rotatable bonds is 2. The molecule has 3 N–H and O–H groups in total. The van der Waals surface area contributed by atoms with Crippen LogP contribution in [0.25, 0.3) is 10.9 Å². The number of halogens is 2. The molecule has 26 heavy (non-hydrogen) atoms. The van der Waals surface area contributed by atoms with Crippen molar-refractivity contribution >= 4 is 34.4 Å². The lowest BCUT2D eigenvalue weighted by Gasteiger charge is -2.05. The van der Waals surface area contributed by atoms with Gasteiger partial charge in [-0.3, -0.25) is 0 Å². The highest BCUT2D eigenvalue weighted by Crippen LogP contribution is 2.40. The number of hydrogen-bond acceptors (Lipinski definition) is 3. The monoisotopic (exact) mass is 380 g/mol. The maximum Gasteiger partial charge on any atom is 0.328 e. The van der Waals surface area contributed by atoms with Gasteiger partial charge in [-0.15, -0.1) is 0 Å². The lowest BCUT2D eigenvalue weighted by atomic mass is 10.0. The van der Waals surface area contributed by atoms with Crippen LogP contribution in [0.4, 0.5) is 4.39 Å². The van der Waals surface area contributed by atoms with Gasteiger partial charge in [0.1, 0.15) is 5.82 Å². The minimum absolute atomic E-state index is 0.266. The highest BCUT2D eigenvalue weighted by atomic mass is 35.5. The zero-order valence-corrected chi connectivity index (χ0v) is 14.6. The third-order valence-electron chi connectivity index (χ3n) is 4.58. The van der Waals surface area contributed by atoms with E-state index < -0.39 is 11.9 Å². The second-order valence-electron chi connectivity index (χ2n) is 6.14. The van der Waals surface area contributed by atoms with Crippen LogP contribution in [-0.2, 0) is 35.4 Å². The Morgan fingerprint density at radius 3 is 2.46 bits per heavy atom. The van der Waals surface area contributed by atoms with Crippen LogP contribution in [0.5, 0.6) is 0 Å². The fourth-order valence-corrected chi connectivity index (χ4v) is 3.87. The van der Waals surface area contributed by atoms with Gasteiger partial charge in [-0.2, -0.15) is 0 Å². The predicted octanol–water partition coefficient (Wildman–Crippen LogP) is 2.39. The summed E-state index contributed by atoms with van der Waals surface area (Å²) in [4.78, 5) is 19.1. The Kier molecular flexibility index (Phi) is 5.29. The largest absolute Gasteiger partial charge is 0.478 e. The standard InChI is InChI=1S/C14H14ClFN2.C4H4O4/c15-13-10(16)7-8-3-6-18-11-2-5-17-4-1-9(11)12(13)14(8)18;5-3(6)1-2-4(7)8/h7,17H,1-6H2;1-2H,(H,5,6)(H,7,8). The van der Waals surface area contributed by atoms with Gasteiger partial charge in [0.05, 0.1) is 10.5 Å². The molecule has 138 valence electrons. The zero-order valence-electron chi connectivity index (χ0n) is 13.9. The topological polar surface area (TPSA) is 91.6 Å². The highest BCUT2D eigenvalue weighted by Gasteiger charge is 2.27. The second kappa shape index (κ2) is 7.47. The molecule has 0 bridgehead atoms. The molecule has 0 aliphatic carbocycles. The van der Waals surface area contributed by atoms with E-state index in [0.717, 1.165) is 49.8 Å². The van der Waals surface area contributed by atoms with Gasteiger partial charge < -0.3 is 20.1 Å². The summed E-state index contributed by atoms with van der Waals surface area (Å²) in [6.45, 7) is 2.92. The SMILES string of the molecule is Fc1cc2c3c(c1Cl)c1c(n3CC2)CCNCC1.O=C(O)C=CC(=O)O. The Hall–Kier alpha value is -2.38. The number of aliphatic carboxylic acids is 2. The van der Waals surface area contributed by atoms with E-state index in [-0.39, 0.29) is 5.82 Å². The molecule has 1 aromatic heterocycles. The molecular formula is C18H18ClFN2O4. The minimum atomic E-state index is -1.26. The van der Waals surface area contributed by atoms with Gasteiger partial charge >= 0.3 is 11.9 Å². The first-order chi connectivity index (χ1) is 12.4. The van der Waals surface area contributed by atoms with Gasteiger partial charge in [0.25, 0.3) is 0 Å². The maximum atomic E-state index is 13.9. The molecule has 6 nitrogen and oxygen atoms in total. The summed E-state index contributed by atoms with van der Waals surface area (Å²) in [6, 6.07) is 1.62. The molecule has 8 heteroatoms. The number of hydrogen-bond donors (Lipinski definition) is 3. The average Bonchev–Trinajstić information content (AvgIpc) is 3.02. The van der Waals surface area contributed by atoms with Gasteiger partial charge in [0.2, 0.25) is 0 Å². The highest BCUT2D eigenvalue weighted by molar-refractivity contribution is 6.36. The normalized spacial score (nSPS) is 15.5. The number of aryl methyl sites for hydroxylation is 2. The van der Waals surface area contributed by atoms with Crippen LogP contribution in [0.2, 0.25) is 5.02 Å². The van der Waals surface area contributed by atoms with Crippen molar-refractivity contribution in [2.45, 2.75) is 25.8 Å². The van der Waals surface area contributed by atoms with E-state index in [9.17, 15) is 14.0 Å². The molecule has 3 heterocycles. The Balaban J connectivity index is 0.000000211. The summed E-state index contributed by atoms with van der Waals surface area (Å²) in [6.07, 6.45) is 4.01. The van der Waals surface area contributed by atoms with E-state index >= 15 is 0 Å². The molecule has 0 spiro atoms. The van der Waals surface area contributed by atoms with E-state index in [4.69, 9.17) is 21.8 Å². The third-order valence-corrected chi connectivity index (χ3v) is 4.95. The van der Waals surface area contributed by atoms with Crippen LogP contribution in [0.3, 0.4) is 0 Å². The van der Waals surface area contributed by atoms with E-state index in [2.05, 4.69) is 9.88 Å². The molecule has 0 atom stereocenters. The van der Waals surface area contributed by atoms with Gasteiger partial charge in [-0.1, -0.05) is 11.6 Å². The van der Waals surface area contributed by atoms with Crippen molar-refractivity contribution in [3.8, 4) is 0 Å². The van der Waals surface area contributed by atoms with Crippen molar-refractivity contribution in [2.24, 2.45) is 0 Å². The Labute approximate surface area is 153 Å². The summed E-state index contributed by atoms with van der Waals surface area (Å²) in [7, 11) is 0. The van der Waals surface area contributed by atoms with Crippen LogP contribution in [0.1, 0.15) is 16.8 Å². The Morgan fingerprint density at radius 2 is 1.81 bits per heavy atom. The average molecular weight is 381 g/mol. The quantitative estimate of drug-likeness (QED) is 0.696. The number of aromatic nitrogens is 1. The molecule has 0 unspecified atom stereocenters. The molecule has 0 radical (unpaired) electrons. The maximum absolute atomic E-state index is 13.9. The molecule has 0 fully saturated rings. The number of carbonyl (C=O) groups is 2. The fraction of sp³-hybridized carbons (Fsp3) is 0.333. The molecule has 0 amide bonds. The van der Waals surface area contributed by atoms with Gasteiger partial charge in [-0.25, -0.2) is 14.0 Å². The van der Waals surface area contributed by atoms with E-state index in [1.807, 2.05) is 0 Å². The van der Waals surface area contributed by atoms with Crippen molar-refractivity contribution in [3.63, 3.8) is 0 Å². The van der Waals surface area contributed by atoms with Gasteiger partial charge in [-0.05, 0) is 36.6 Å². The second-order valence-corrected chi connectivity index (χ2v) is 6.52. The Bertz CT molecular complexity index is 904. The molecule has 2 aromatic rings. The lowest BCUT2D eigenvalue weighted by Crippen LogP contribution is -2.17. The molecule has 2 aliphatic rings. The third kappa shape index (κ3) is 3.45. The summed E-state index contributed by atoms with van der Waals surface area (Å²) >= 11 is 6.22. The van der Waals surface area contributed by atoms with Crippen LogP contribution in [0, 0.1) is 5.82 Å². The van der Waals surface area contributed by atoms with Crippen molar-refractivity contribution in [1.82, 2.24) is 9.88 Å². The number of benzene rings is 1. The first-order valence-electron chi connectivity index (χ1n) is 8.25. The Morgan fingerprint density at radius 1 is 1.15 bits per heavy atom. The van der Waals surface area contributed by atoms with Gasteiger partial charge in [0.15, 0.2) is 0 Å². The van der Waals surface area contributed by atoms with Crippen molar-refractivity contribution in [2.75, 3.05) is 13.1 Å². The van der Waals surface area contributed by atoms with Crippen LogP contribution in [0.15, 0.2) is 18.2 Å². The smallest absolute Gasteiger partial charge is 0.328 e. The van der Waals surface area contributed by atoms with Crippen LogP contribution < -0.4 is 5.32 Å². The number of nitrogens with zero attached hydrogens (tertiary/aromatic N) is 1. The van der Waals surface area contributed by atoms with Crippen molar-refractivity contribution < 1.29 is 24.2 Å². The fourth-order valence-electron chi connectivity index (χ4n) is 3.61. The van der Waals surface area contributed by atoms with Crippen LogP contribution in [-0.4, -0.2) is 39.8 Å². The summed E-state index contributed by atoms with van der Waals surface area (Å²) in [5, 5.41) is 20.3. The van der Waals surface area contributed by atoms with E-state index in [0.29, 0.717) is 17.2 Å². The molecule has 0 saturated carbocycles. The summed E-state index contributed by atoms with van der Waals surface area (Å²) in [5.41, 5.74) is 4.93. The molecule has 0 saturated heterocycles. The number of carboxylic acids is 2. The number of carboxylic acid groups (broad SMARTS) is 2. The van der Waals surface area contributed by atoms with E-state index in [1.165, 1.54) is 16.8 Å². The van der Waals surface area contributed by atoms with Gasteiger partial charge in [0, 0.05) is 42.7 Å². The summed E-state index contributed by atoms with van der Waals surface area (Å²) < 4.78 is 16.3. The van der Waals surface area contributed by atoms with Crippen molar-refractivity contribution in [3.05, 3.63) is 45.9 Å². The zero-order chi connectivity index (χ0) is 18.8. The summed E-state index contributed by atoms with van der Waals surface area (Å²) in [5.74, 6) is -2.78. The number of fused-ring (bicyclic) bond motifs is 3. The van der Waals surface area contributed by atoms with E-state index in [1.54, 1.807) is 6.07 Å². The molecular weight excluding hydrogens is 363 g/mol. The number of nitrogens with one attached hydrogen (secondary N) is 1. The minimum Gasteiger partial charge on any atom is -0.478 e. The molecule has 2 aliphatic heterocycles. The van der Waals surface area contributed by atoms with Crippen molar-refractivity contribution in [1.29, 1.82) is 0 Å². The van der Waals surface area contributed by atoms with Crippen LogP contribution >= 0.6 is 11.6 Å². The lowest BCUT2D eigenvalue weighted by molar-refractivity contribution is -0.134. The molecule has 4 rings (SSSR count).